The SMILES string of the molecule is CC(C)(C)Nc1ccc(S(C)(=O)=O)cc1C(=O)N1C(C(=O)N[C@@H](c2ccc(C(F)(F)F)cc2F)C2CC2)C[C@H]2C[C@H]21. The first-order valence-corrected chi connectivity index (χ1v) is 15.4. The van der Waals surface area contributed by atoms with Gasteiger partial charge in [-0.25, -0.2) is 12.8 Å². The normalized spacial score (nSPS) is 23.1. The van der Waals surface area contributed by atoms with Gasteiger partial charge in [-0.15, -0.1) is 0 Å². The molecule has 3 aliphatic rings. The van der Waals surface area contributed by atoms with Gasteiger partial charge in [0.2, 0.25) is 5.91 Å². The topological polar surface area (TPSA) is 95.6 Å². The van der Waals surface area contributed by atoms with E-state index in [2.05, 4.69) is 10.6 Å². The highest BCUT2D eigenvalue weighted by molar-refractivity contribution is 7.90. The number of nitrogens with one attached hydrogen (secondary N) is 2. The molecule has 0 bridgehead atoms. The molecule has 2 N–H and O–H groups in total. The van der Waals surface area contributed by atoms with Crippen LogP contribution in [0.25, 0.3) is 0 Å². The van der Waals surface area contributed by atoms with E-state index in [9.17, 15) is 35.6 Å². The smallest absolute Gasteiger partial charge is 0.380 e. The van der Waals surface area contributed by atoms with Gasteiger partial charge in [-0.1, -0.05) is 6.07 Å². The van der Waals surface area contributed by atoms with Crippen molar-refractivity contribution in [2.45, 2.75) is 81.2 Å². The number of anilines is 1. The largest absolute Gasteiger partial charge is 0.416 e. The molecule has 0 aromatic heterocycles. The molecule has 1 unspecified atom stereocenters. The van der Waals surface area contributed by atoms with Crippen molar-refractivity contribution in [3.8, 4) is 0 Å². The summed E-state index contributed by atoms with van der Waals surface area (Å²) in [4.78, 5) is 29.1. The van der Waals surface area contributed by atoms with E-state index >= 15 is 0 Å². The van der Waals surface area contributed by atoms with Crippen LogP contribution in [-0.4, -0.2) is 49.0 Å². The van der Waals surface area contributed by atoms with Gasteiger partial charge in [0.05, 0.1) is 22.1 Å². The lowest BCUT2D eigenvalue weighted by molar-refractivity contribution is -0.137. The number of nitrogens with zero attached hydrogens (tertiary/aromatic N) is 1. The molecule has 2 aromatic rings. The molecule has 1 saturated heterocycles. The number of benzene rings is 2. The lowest BCUT2D eigenvalue weighted by atomic mass is 9.98. The van der Waals surface area contributed by atoms with E-state index in [1.165, 1.54) is 17.0 Å². The standard InChI is InChI=1S/C29H33F4N3O4S/c1-28(2,3)35-22-10-8-18(41(4,39)40)14-20(22)27(38)36-23-11-16(23)12-24(36)26(37)34-25(15-5-6-15)19-9-7-17(13-21(19)30)29(31,32)33/h7-10,13-16,23-25,35H,5-6,11-12H2,1-4H3,(H,34,37)/t16-,23-,24?,25-/m1/s1. The van der Waals surface area contributed by atoms with Gasteiger partial charge in [-0.05, 0) is 88.6 Å². The average molecular weight is 596 g/mol. The quantitative estimate of drug-likeness (QED) is 0.422. The summed E-state index contributed by atoms with van der Waals surface area (Å²) in [6.45, 7) is 5.69. The molecule has 222 valence electrons. The molecule has 2 saturated carbocycles. The van der Waals surface area contributed by atoms with Gasteiger partial charge in [0.1, 0.15) is 11.9 Å². The van der Waals surface area contributed by atoms with E-state index < -0.39 is 56.8 Å². The molecule has 7 nitrogen and oxygen atoms in total. The molecule has 2 aromatic carbocycles. The summed E-state index contributed by atoms with van der Waals surface area (Å²) in [7, 11) is -3.63. The fraction of sp³-hybridized carbons (Fsp3) is 0.517. The summed E-state index contributed by atoms with van der Waals surface area (Å²) >= 11 is 0. The molecule has 2 amide bonds. The number of rotatable bonds is 7. The van der Waals surface area contributed by atoms with Gasteiger partial charge in [-0.3, -0.25) is 9.59 Å². The summed E-state index contributed by atoms with van der Waals surface area (Å²) < 4.78 is 78.7. The lowest BCUT2D eigenvalue weighted by Crippen LogP contribution is -2.49. The van der Waals surface area contributed by atoms with Crippen molar-refractivity contribution in [2.75, 3.05) is 11.6 Å². The van der Waals surface area contributed by atoms with E-state index in [1.54, 1.807) is 6.07 Å². The fourth-order valence-electron chi connectivity index (χ4n) is 5.65. The van der Waals surface area contributed by atoms with Gasteiger partial charge in [0.25, 0.3) is 5.91 Å². The Morgan fingerprint density at radius 2 is 1.71 bits per heavy atom. The van der Waals surface area contributed by atoms with Crippen LogP contribution >= 0.6 is 0 Å². The number of hydrogen-bond acceptors (Lipinski definition) is 5. The highest BCUT2D eigenvalue weighted by Gasteiger charge is 2.57. The molecule has 2 aliphatic carbocycles. The third-order valence-electron chi connectivity index (χ3n) is 7.85. The number of fused-ring (bicyclic) bond motifs is 1. The van der Waals surface area contributed by atoms with E-state index in [4.69, 9.17) is 0 Å². The predicted molar refractivity (Wildman–Crippen MR) is 144 cm³/mol. The molecule has 41 heavy (non-hydrogen) atoms. The van der Waals surface area contributed by atoms with Crippen molar-refractivity contribution >= 4 is 27.3 Å². The predicted octanol–water partition coefficient (Wildman–Crippen LogP) is 5.33. The van der Waals surface area contributed by atoms with Crippen molar-refractivity contribution in [2.24, 2.45) is 11.8 Å². The van der Waals surface area contributed by atoms with Crippen LogP contribution in [0.4, 0.5) is 23.2 Å². The van der Waals surface area contributed by atoms with Crippen molar-refractivity contribution in [1.29, 1.82) is 0 Å². The van der Waals surface area contributed by atoms with Crippen molar-refractivity contribution in [1.82, 2.24) is 10.2 Å². The molecular formula is C29H33F4N3O4S. The second kappa shape index (κ2) is 9.99. The zero-order chi connectivity index (χ0) is 30.1. The van der Waals surface area contributed by atoms with Gasteiger partial charge >= 0.3 is 6.18 Å². The molecule has 12 heteroatoms. The number of carbonyl (C=O) groups is 2. The first kappa shape index (κ1) is 29.3. The first-order valence-electron chi connectivity index (χ1n) is 13.6. The van der Waals surface area contributed by atoms with Crippen LogP contribution in [0, 0.1) is 17.7 Å². The van der Waals surface area contributed by atoms with Gasteiger partial charge < -0.3 is 15.5 Å². The lowest BCUT2D eigenvalue weighted by Gasteiger charge is -2.31. The number of amides is 2. The van der Waals surface area contributed by atoms with E-state index in [-0.39, 0.29) is 33.9 Å². The van der Waals surface area contributed by atoms with E-state index in [0.717, 1.165) is 18.4 Å². The van der Waals surface area contributed by atoms with Crippen LogP contribution in [-0.2, 0) is 20.8 Å². The van der Waals surface area contributed by atoms with Crippen LogP contribution in [0.5, 0.6) is 0 Å². The summed E-state index contributed by atoms with van der Waals surface area (Å²) in [5.41, 5.74) is -1.02. The molecule has 1 aliphatic heterocycles. The molecule has 0 radical (unpaired) electrons. The van der Waals surface area contributed by atoms with Crippen LogP contribution in [0.1, 0.15) is 74.0 Å². The fourth-order valence-corrected chi connectivity index (χ4v) is 6.30. The zero-order valence-corrected chi connectivity index (χ0v) is 24.0. The summed E-state index contributed by atoms with van der Waals surface area (Å²) in [5.74, 6) is -2.06. The minimum Gasteiger partial charge on any atom is -0.380 e. The Hall–Kier alpha value is -3.15. The second-order valence-electron chi connectivity index (χ2n) is 12.4. The number of halogens is 4. The van der Waals surface area contributed by atoms with E-state index in [1.807, 2.05) is 20.8 Å². The summed E-state index contributed by atoms with van der Waals surface area (Å²) in [6.07, 6.45) is -1.17. The Morgan fingerprint density at radius 1 is 1.02 bits per heavy atom. The maximum absolute atomic E-state index is 14.9. The van der Waals surface area contributed by atoms with Crippen LogP contribution in [0.15, 0.2) is 41.3 Å². The summed E-state index contributed by atoms with van der Waals surface area (Å²) in [6, 6.07) is 4.70. The van der Waals surface area contributed by atoms with Crippen molar-refractivity contribution in [3.63, 3.8) is 0 Å². The van der Waals surface area contributed by atoms with Crippen LogP contribution in [0.3, 0.4) is 0 Å². The molecule has 5 rings (SSSR count). The number of likely N-dealkylation sites (tertiary alicyclic amines) is 1. The monoisotopic (exact) mass is 595 g/mol. The number of piperidine rings is 1. The number of hydrogen-bond donors (Lipinski definition) is 2. The number of carbonyl (C=O) groups excluding carboxylic acids is 2. The highest BCUT2D eigenvalue weighted by Crippen LogP contribution is 2.49. The summed E-state index contributed by atoms with van der Waals surface area (Å²) in [5, 5.41) is 6.08. The Bertz CT molecular complexity index is 1500. The van der Waals surface area contributed by atoms with Crippen LogP contribution in [0.2, 0.25) is 0 Å². The molecule has 4 atom stereocenters. The Balaban J connectivity index is 1.43. The van der Waals surface area contributed by atoms with Crippen LogP contribution < -0.4 is 10.6 Å². The maximum Gasteiger partial charge on any atom is 0.416 e. The Morgan fingerprint density at radius 3 is 2.27 bits per heavy atom. The Kier molecular flexibility index (Phi) is 7.15. The van der Waals surface area contributed by atoms with Gasteiger partial charge in [0.15, 0.2) is 9.84 Å². The number of sulfone groups is 1. The molecule has 0 spiro atoms. The third-order valence-corrected chi connectivity index (χ3v) is 8.97. The average Bonchev–Trinajstić information content (AvgIpc) is 3.78. The van der Waals surface area contributed by atoms with Gasteiger partial charge in [-0.2, -0.15) is 13.2 Å². The van der Waals surface area contributed by atoms with Gasteiger partial charge in [0, 0.05) is 29.1 Å². The minimum atomic E-state index is -4.70. The minimum absolute atomic E-state index is 0.0209. The number of alkyl halides is 3. The molecule has 1 heterocycles. The zero-order valence-electron chi connectivity index (χ0n) is 23.2. The Labute approximate surface area is 236 Å². The van der Waals surface area contributed by atoms with Crippen molar-refractivity contribution in [3.05, 3.63) is 58.9 Å². The van der Waals surface area contributed by atoms with Crippen molar-refractivity contribution < 1.29 is 35.6 Å². The van der Waals surface area contributed by atoms with E-state index in [0.29, 0.717) is 37.4 Å². The molecular weight excluding hydrogens is 562 g/mol. The second-order valence-corrected chi connectivity index (χ2v) is 14.5. The maximum atomic E-state index is 14.9. The highest BCUT2D eigenvalue weighted by atomic mass is 32.2. The first-order chi connectivity index (χ1) is 18.9. The third kappa shape index (κ3) is 6.22. The molecule has 3 fully saturated rings.